The van der Waals surface area contributed by atoms with Crippen LogP contribution in [0.2, 0.25) is 0 Å². The highest BCUT2D eigenvalue weighted by atomic mass is 16.6. The van der Waals surface area contributed by atoms with Crippen molar-refractivity contribution in [3.05, 3.63) is 35.9 Å². The van der Waals surface area contributed by atoms with Crippen LogP contribution in [-0.2, 0) is 11.3 Å². The molecule has 2 aliphatic heterocycles. The van der Waals surface area contributed by atoms with E-state index < -0.39 is 0 Å². The van der Waals surface area contributed by atoms with Crippen molar-refractivity contribution in [2.45, 2.75) is 50.7 Å². The van der Waals surface area contributed by atoms with E-state index in [0.29, 0.717) is 6.61 Å². The van der Waals surface area contributed by atoms with Crippen LogP contribution in [0.3, 0.4) is 0 Å². The Morgan fingerprint density at radius 1 is 1.09 bits per heavy atom. The lowest BCUT2D eigenvalue weighted by molar-refractivity contribution is 0.0300. The third-order valence-corrected chi connectivity index (χ3v) is 5.06. The maximum absolute atomic E-state index is 12.7. The minimum Gasteiger partial charge on any atom is -0.445 e. The van der Waals surface area contributed by atoms with E-state index in [2.05, 4.69) is 5.32 Å². The number of ether oxygens (including phenoxy) is 1. The quantitative estimate of drug-likeness (QED) is 0.911. The molecule has 2 saturated heterocycles. The van der Waals surface area contributed by atoms with Gasteiger partial charge in [-0.1, -0.05) is 43.2 Å². The summed E-state index contributed by atoms with van der Waals surface area (Å²) in [5.74, 6) is 0. The second-order valence-electron chi connectivity index (χ2n) is 6.48. The molecule has 22 heavy (non-hydrogen) atoms. The van der Waals surface area contributed by atoms with Crippen LogP contribution in [0.1, 0.15) is 44.1 Å². The van der Waals surface area contributed by atoms with Gasteiger partial charge in [0.1, 0.15) is 6.61 Å². The Bertz CT molecular complexity index is 483. The van der Waals surface area contributed by atoms with E-state index in [-0.39, 0.29) is 11.6 Å². The van der Waals surface area contributed by atoms with Crippen LogP contribution in [0, 0.1) is 0 Å². The van der Waals surface area contributed by atoms with E-state index >= 15 is 0 Å². The smallest absolute Gasteiger partial charge is 0.410 e. The van der Waals surface area contributed by atoms with Gasteiger partial charge in [-0.15, -0.1) is 0 Å². The van der Waals surface area contributed by atoms with Gasteiger partial charge in [0, 0.05) is 12.1 Å². The third-order valence-electron chi connectivity index (χ3n) is 5.06. The van der Waals surface area contributed by atoms with Crippen molar-refractivity contribution >= 4 is 6.09 Å². The molecule has 4 nitrogen and oxygen atoms in total. The fraction of sp³-hybridized carbons (Fsp3) is 0.611. The maximum Gasteiger partial charge on any atom is 0.410 e. The summed E-state index contributed by atoms with van der Waals surface area (Å²) in [6.45, 7) is 3.21. The highest BCUT2D eigenvalue weighted by molar-refractivity contribution is 5.69. The molecule has 1 aromatic carbocycles. The van der Waals surface area contributed by atoms with Crippen molar-refractivity contribution in [3.63, 3.8) is 0 Å². The SMILES string of the molecule is O=C(OCc1ccccc1)N1CCCCCC12CCNCC2. The molecule has 0 bridgehead atoms. The van der Waals surface area contributed by atoms with Crippen LogP contribution in [0.25, 0.3) is 0 Å². The summed E-state index contributed by atoms with van der Waals surface area (Å²) < 4.78 is 5.62. The first-order chi connectivity index (χ1) is 10.8. The van der Waals surface area contributed by atoms with Gasteiger partial charge in [-0.3, -0.25) is 0 Å². The number of piperidine rings is 1. The van der Waals surface area contributed by atoms with E-state index in [1.807, 2.05) is 35.2 Å². The Morgan fingerprint density at radius 3 is 2.64 bits per heavy atom. The van der Waals surface area contributed by atoms with Gasteiger partial charge < -0.3 is 15.0 Å². The summed E-state index contributed by atoms with van der Waals surface area (Å²) in [6, 6.07) is 9.92. The van der Waals surface area contributed by atoms with E-state index in [1.165, 1.54) is 12.8 Å². The van der Waals surface area contributed by atoms with Gasteiger partial charge in [0.2, 0.25) is 0 Å². The lowest BCUT2D eigenvalue weighted by Crippen LogP contribution is -2.56. The summed E-state index contributed by atoms with van der Waals surface area (Å²) in [7, 11) is 0. The molecular weight excluding hydrogens is 276 g/mol. The molecule has 120 valence electrons. The Labute approximate surface area is 132 Å². The van der Waals surface area contributed by atoms with E-state index in [9.17, 15) is 4.79 Å². The average Bonchev–Trinajstić information content (AvgIpc) is 2.77. The topological polar surface area (TPSA) is 41.6 Å². The Morgan fingerprint density at radius 2 is 1.86 bits per heavy atom. The fourth-order valence-corrected chi connectivity index (χ4v) is 3.77. The van der Waals surface area contributed by atoms with Gasteiger partial charge in [-0.25, -0.2) is 4.79 Å². The van der Waals surface area contributed by atoms with Gasteiger partial charge >= 0.3 is 6.09 Å². The highest BCUT2D eigenvalue weighted by Gasteiger charge is 2.41. The largest absolute Gasteiger partial charge is 0.445 e. The van der Waals surface area contributed by atoms with Gasteiger partial charge in [-0.05, 0) is 44.3 Å². The molecule has 0 aromatic heterocycles. The normalized spacial score (nSPS) is 21.4. The predicted octanol–water partition coefficient (Wildman–Crippen LogP) is 3.32. The van der Waals surface area contributed by atoms with Gasteiger partial charge in [0.25, 0.3) is 0 Å². The number of nitrogens with one attached hydrogen (secondary N) is 1. The molecule has 0 atom stereocenters. The number of carbonyl (C=O) groups excluding carboxylic acids is 1. The number of rotatable bonds is 2. The summed E-state index contributed by atoms with van der Waals surface area (Å²) >= 11 is 0. The number of benzene rings is 1. The Hall–Kier alpha value is -1.55. The third kappa shape index (κ3) is 3.43. The molecule has 2 fully saturated rings. The van der Waals surface area contributed by atoms with Crippen LogP contribution in [-0.4, -0.2) is 36.2 Å². The first-order valence-electron chi connectivity index (χ1n) is 8.49. The second-order valence-corrected chi connectivity index (χ2v) is 6.48. The molecule has 1 spiro atoms. The molecule has 0 saturated carbocycles. The van der Waals surface area contributed by atoms with Crippen molar-refractivity contribution in [1.29, 1.82) is 0 Å². The van der Waals surface area contributed by atoms with Crippen LogP contribution < -0.4 is 5.32 Å². The molecule has 0 aliphatic carbocycles. The molecule has 3 rings (SSSR count). The number of carbonyl (C=O) groups is 1. The molecule has 1 N–H and O–H groups in total. The molecule has 0 radical (unpaired) electrons. The Kier molecular flexibility index (Phi) is 4.98. The summed E-state index contributed by atoms with van der Waals surface area (Å²) in [4.78, 5) is 14.7. The maximum atomic E-state index is 12.7. The average molecular weight is 302 g/mol. The van der Waals surface area contributed by atoms with E-state index in [1.54, 1.807) is 0 Å². The minimum absolute atomic E-state index is 0.0233. The van der Waals surface area contributed by atoms with Crippen LogP contribution >= 0.6 is 0 Å². The van der Waals surface area contributed by atoms with Gasteiger partial charge in [-0.2, -0.15) is 0 Å². The fourth-order valence-electron chi connectivity index (χ4n) is 3.77. The molecule has 2 heterocycles. The van der Waals surface area contributed by atoms with Crippen LogP contribution in [0.5, 0.6) is 0 Å². The lowest BCUT2D eigenvalue weighted by atomic mass is 9.83. The minimum atomic E-state index is -0.132. The van der Waals surface area contributed by atoms with Crippen LogP contribution in [0.15, 0.2) is 30.3 Å². The number of nitrogens with zero attached hydrogens (tertiary/aromatic N) is 1. The number of hydrogen-bond donors (Lipinski definition) is 1. The molecule has 0 unspecified atom stereocenters. The first kappa shape index (κ1) is 15.3. The Balaban J connectivity index is 1.67. The van der Waals surface area contributed by atoms with Crippen molar-refractivity contribution in [3.8, 4) is 0 Å². The van der Waals surface area contributed by atoms with E-state index in [0.717, 1.165) is 50.9 Å². The number of amides is 1. The second kappa shape index (κ2) is 7.14. The number of likely N-dealkylation sites (tertiary alicyclic amines) is 1. The molecule has 1 aromatic rings. The van der Waals surface area contributed by atoms with Crippen molar-refractivity contribution in [2.24, 2.45) is 0 Å². The molecule has 4 heteroatoms. The first-order valence-corrected chi connectivity index (χ1v) is 8.49. The molecular formula is C18H26N2O2. The highest BCUT2D eigenvalue weighted by Crippen LogP contribution is 2.35. The van der Waals surface area contributed by atoms with Crippen molar-refractivity contribution < 1.29 is 9.53 Å². The molecule has 2 aliphatic rings. The van der Waals surface area contributed by atoms with Crippen LogP contribution in [0.4, 0.5) is 4.79 Å². The van der Waals surface area contributed by atoms with Gasteiger partial charge in [0.15, 0.2) is 0 Å². The summed E-state index contributed by atoms with van der Waals surface area (Å²) in [6.07, 6.45) is 6.62. The lowest BCUT2D eigenvalue weighted by Gasteiger charge is -2.45. The van der Waals surface area contributed by atoms with Crippen molar-refractivity contribution in [1.82, 2.24) is 10.2 Å². The zero-order valence-electron chi connectivity index (χ0n) is 13.2. The monoisotopic (exact) mass is 302 g/mol. The van der Waals surface area contributed by atoms with E-state index in [4.69, 9.17) is 4.74 Å². The summed E-state index contributed by atoms with van der Waals surface area (Å²) in [5.41, 5.74) is 1.07. The van der Waals surface area contributed by atoms with Gasteiger partial charge in [0.05, 0.1) is 0 Å². The zero-order chi connectivity index (χ0) is 15.3. The zero-order valence-corrected chi connectivity index (χ0v) is 13.2. The summed E-state index contributed by atoms with van der Waals surface area (Å²) in [5, 5.41) is 3.42. The standard InChI is InChI=1S/C18H26N2O2/c21-17(22-15-16-7-3-1-4-8-16)20-14-6-2-5-9-18(20)10-12-19-13-11-18/h1,3-4,7-8,19H,2,5-6,9-15H2. The predicted molar refractivity (Wildman–Crippen MR) is 86.6 cm³/mol. The van der Waals surface area contributed by atoms with Crippen molar-refractivity contribution in [2.75, 3.05) is 19.6 Å². The molecule has 1 amide bonds. The number of hydrogen-bond acceptors (Lipinski definition) is 3.